The monoisotopic (exact) mass is 1730 g/mol. The van der Waals surface area contributed by atoms with Crippen LogP contribution < -0.4 is 39.3 Å². The number of nitrogens with zero attached hydrogens (tertiary/aromatic N) is 11. The number of methoxy groups -OCH3 is 2. The number of fused-ring (bicyclic) bond motifs is 3. The van der Waals surface area contributed by atoms with Gasteiger partial charge in [0.2, 0.25) is 29.5 Å². The molecule has 8 aromatic carbocycles. The highest BCUT2D eigenvalue weighted by atomic mass is 35.5. The lowest BCUT2D eigenvalue weighted by atomic mass is 9.87. The molecule has 128 heavy (non-hydrogen) atoms. The molecule has 14 aromatic rings. The zero-order valence-electron chi connectivity index (χ0n) is 71.7. The molecule has 11 aliphatic heterocycles. The van der Waals surface area contributed by atoms with Crippen LogP contribution in [-0.4, -0.2) is 111 Å². The van der Waals surface area contributed by atoms with Crippen molar-refractivity contribution in [3.8, 4) is 78.3 Å². The van der Waals surface area contributed by atoms with Crippen molar-refractivity contribution in [1.29, 1.82) is 0 Å². The highest BCUT2D eigenvalue weighted by Crippen LogP contribution is 2.47. The molecule has 21 heteroatoms. The van der Waals surface area contributed by atoms with Gasteiger partial charge >= 0.3 is 0 Å². The maximum absolute atomic E-state index is 12.2. The van der Waals surface area contributed by atoms with E-state index in [0.717, 1.165) is 207 Å². The summed E-state index contributed by atoms with van der Waals surface area (Å²) in [5.41, 5.74) is 34.9. The van der Waals surface area contributed by atoms with Gasteiger partial charge in [0, 0.05) is 177 Å². The first-order valence-electron chi connectivity index (χ1n) is 44.6. The topological polar surface area (TPSA) is 209 Å². The van der Waals surface area contributed by atoms with Crippen molar-refractivity contribution in [2.75, 3.05) is 76.8 Å². The Morgan fingerprint density at radius 3 is 1.00 bits per heavy atom. The van der Waals surface area contributed by atoms with Gasteiger partial charge in [-0.05, 0) is 292 Å². The fourth-order valence-electron chi connectivity index (χ4n) is 20.4. The fourth-order valence-corrected chi connectivity index (χ4v) is 20.9. The van der Waals surface area contributed by atoms with Gasteiger partial charge in [0.15, 0.2) is 0 Å². The number of anilines is 6. The third kappa shape index (κ3) is 16.5. The van der Waals surface area contributed by atoms with E-state index in [0.29, 0.717) is 37.1 Å². The molecule has 0 spiro atoms. The molecule has 0 aliphatic carbocycles. The average molecular weight is 1730 g/mol. The summed E-state index contributed by atoms with van der Waals surface area (Å²) in [7, 11) is 3.30. The number of aryl methyl sites for hydroxylation is 9. The van der Waals surface area contributed by atoms with Crippen LogP contribution in [0.3, 0.4) is 0 Å². The number of benzene rings is 8. The van der Waals surface area contributed by atoms with Crippen molar-refractivity contribution in [3.05, 3.63) is 298 Å². The molecule has 17 heterocycles. The van der Waals surface area contributed by atoms with Crippen molar-refractivity contribution in [1.82, 2.24) is 29.9 Å². The molecule has 19 nitrogen and oxygen atoms in total. The van der Waals surface area contributed by atoms with Crippen molar-refractivity contribution < 1.29 is 33.4 Å². The highest BCUT2D eigenvalue weighted by Gasteiger charge is 2.37. The van der Waals surface area contributed by atoms with Gasteiger partial charge < -0.3 is 39.3 Å². The molecule has 638 valence electrons. The molecule has 25 rings (SSSR count). The van der Waals surface area contributed by atoms with E-state index in [4.69, 9.17) is 33.3 Å². The first-order valence-corrected chi connectivity index (χ1v) is 45.4. The number of halogens is 1. The van der Waals surface area contributed by atoms with Crippen LogP contribution in [0.1, 0.15) is 119 Å². The molecule has 5 amide bonds. The Morgan fingerprint density at radius 2 is 0.617 bits per heavy atom. The minimum absolute atomic E-state index is 0.261. The van der Waals surface area contributed by atoms with Crippen LogP contribution in [-0.2, 0) is 94.6 Å². The SMILES string of the molecule is COc1cncc(-c2cc3c4c(c2)CCC(=O)N4CCC3)c1.COc1cncc(-c2cc3c4c(c2)CCN4C(=O)CC3)c1.O=C1CCc2cc(-c3cccnc3)cc3c2N1CCC3.O=C1CCc2cc(-c3cncc4ccccc34)cc3c2N1CC3.O=C1CCc2cc(-c3cncc4ccccc34)cc3c2N1CCC3.S=C1CCc2cc(-c3cccnc3)cc(Cl)c2N1. The molecule has 1 N–H and O–H groups in total. The van der Waals surface area contributed by atoms with Crippen LogP contribution in [0.15, 0.2) is 232 Å². The van der Waals surface area contributed by atoms with E-state index in [1.54, 1.807) is 39.0 Å². The summed E-state index contributed by atoms with van der Waals surface area (Å²) in [5.74, 6) is 2.90. The summed E-state index contributed by atoms with van der Waals surface area (Å²) in [6, 6.07) is 55.2. The van der Waals surface area contributed by atoms with E-state index in [1.165, 1.54) is 123 Å². The van der Waals surface area contributed by atoms with E-state index in [2.05, 4.69) is 144 Å². The Labute approximate surface area is 754 Å². The number of amides is 5. The maximum atomic E-state index is 12.2. The van der Waals surface area contributed by atoms with Crippen molar-refractivity contribution in [2.45, 2.75) is 128 Å². The number of aromatic nitrogens is 6. The molecular formula is C107H95ClN12O7S. The average Bonchev–Trinajstić information content (AvgIpc) is 1.74. The second-order valence-corrected chi connectivity index (χ2v) is 35.2. The van der Waals surface area contributed by atoms with Crippen molar-refractivity contribution >= 4 is 114 Å². The van der Waals surface area contributed by atoms with Gasteiger partial charge in [-0.1, -0.05) is 84.5 Å². The minimum atomic E-state index is 0.261. The second-order valence-electron chi connectivity index (χ2n) is 34.3. The first kappa shape index (κ1) is 82.6. The summed E-state index contributed by atoms with van der Waals surface area (Å²) in [6.45, 7) is 4.26. The van der Waals surface area contributed by atoms with Gasteiger partial charge in [-0.2, -0.15) is 0 Å². The van der Waals surface area contributed by atoms with Gasteiger partial charge in [-0.25, -0.2) is 0 Å². The Morgan fingerprint density at radius 1 is 0.297 bits per heavy atom. The first-order chi connectivity index (χ1) is 62.7. The highest BCUT2D eigenvalue weighted by molar-refractivity contribution is 7.80. The van der Waals surface area contributed by atoms with Crippen molar-refractivity contribution in [2.24, 2.45) is 0 Å². The number of pyridine rings is 6. The van der Waals surface area contributed by atoms with E-state index >= 15 is 0 Å². The molecule has 0 radical (unpaired) electrons. The van der Waals surface area contributed by atoms with Gasteiger partial charge in [-0.15, -0.1) is 0 Å². The predicted molar refractivity (Wildman–Crippen MR) is 511 cm³/mol. The molecular weight excluding hydrogens is 1630 g/mol. The molecule has 0 bridgehead atoms. The van der Waals surface area contributed by atoms with Crippen LogP contribution in [0.2, 0.25) is 5.02 Å². The summed E-state index contributed by atoms with van der Waals surface area (Å²) < 4.78 is 10.5. The zero-order valence-corrected chi connectivity index (χ0v) is 73.3. The summed E-state index contributed by atoms with van der Waals surface area (Å²) in [5, 5.41) is 8.70. The number of ether oxygens (including phenoxy) is 2. The molecule has 6 aromatic heterocycles. The van der Waals surface area contributed by atoms with Crippen LogP contribution in [0, 0.1) is 0 Å². The zero-order chi connectivity index (χ0) is 87.0. The fraction of sp³-hybridized carbons (Fsp3) is 0.252. The van der Waals surface area contributed by atoms with E-state index in [-0.39, 0.29) is 29.5 Å². The predicted octanol–water partition coefficient (Wildman–Crippen LogP) is 20.5. The number of carbonyl (C=O) groups is 5. The number of hydrogen-bond acceptors (Lipinski definition) is 14. The molecule has 0 saturated carbocycles. The lowest BCUT2D eigenvalue weighted by molar-refractivity contribution is -0.119. The van der Waals surface area contributed by atoms with E-state index < -0.39 is 0 Å². The molecule has 0 atom stereocenters. The Kier molecular flexibility index (Phi) is 23.2. The largest absolute Gasteiger partial charge is 0.495 e. The summed E-state index contributed by atoms with van der Waals surface area (Å²) in [6.07, 6.45) is 39.6. The van der Waals surface area contributed by atoms with E-state index in [9.17, 15) is 24.0 Å². The number of thiocarbonyl (C=S) groups is 1. The maximum Gasteiger partial charge on any atom is 0.227 e. The lowest BCUT2D eigenvalue weighted by Gasteiger charge is -2.35. The third-order valence-corrected chi connectivity index (χ3v) is 27.1. The number of nitrogens with one attached hydrogen (secondary N) is 1. The summed E-state index contributed by atoms with van der Waals surface area (Å²) in [4.78, 5) is 96.8. The van der Waals surface area contributed by atoms with Gasteiger partial charge in [0.05, 0.1) is 70.7 Å². The number of hydrogen-bond donors (Lipinski definition) is 1. The lowest BCUT2D eigenvalue weighted by Crippen LogP contribution is -2.39. The number of carbonyl (C=O) groups excluding carboxylic acids is 5. The third-order valence-electron chi connectivity index (χ3n) is 26.5. The minimum Gasteiger partial charge on any atom is -0.495 e. The van der Waals surface area contributed by atoms with Gasteiger partial charge in [0.1, 0.15) is 11.5 Å². The van der Waals surface area contributed by atoms with Crippen LogP contribution in [0.4, 0.5) is 34.1 Å². The van der Waals surface area contributed by atoms with Gasteiger partial charge in [-0.3, -0.25) is 53.9 Å². The number of rotatable bonds is 8. The Balaban J connectivity index is 0.0000000967. The second kappa shape index (κ2) is 36.0. The Bertz CT molecular complexity index is 6740. The molecule has 0 saturated heterocycles. The van der Waals surface area contributed by atoms with Gasteiger partial charge in [0.25, 0.3) is 0 Å². The van der Waals surface area contributed by atoms with Crippen LogP contribution in [0.5, 0.6) is 11.5 Å². The van der Waals surface area contributed by atoms with Crippen LogP contribution >= 0.6 is 23.8 Å². The molecule has 0 fully saturated rings. The quantitative estimate of drug-likeness (QED) is 0.140. The standard InChI is InChI=1S/C21H18N2O.C20H16N2O.C18H18N2O2.C17H16N2O2.C17H16N2O.C14H11ClN2S/c24-20-8-7-15-11-17(10-14-5-3-9-23(20)21(14)15)19-13-22-12-16-4-1-2-6-18(16)19;23-19-6-5-13-9-16(10-14-7-8-22(19)20(13)14)18-12-21-11-15-3-1-2-4-17(15)18;1-22-16-9-15(10-19-11-16)14-7-12-3-2-6-20-17(21)5-4-13(8-14)18(12)20;1-21-15-8-14(9-18-10-15)13-6-11-2-3-16(20)19-5-4-12(7-13)17(11)19;20-16-6-5-13-10-15(14-3-1-7-18-11-14)9-12-4-2-8-19(16)17(12)13;15-12-7-11(10-2-1-5-16-8-10)6-9-3-4-13(18)17-14(9)12/h1-2,4,6,10-13H,3,5,7-9H2;1-4,9-12H,5-8H2;7-11H,2-6H2,1H3;6-10H,2-5H2,1H3;1,3,7,9-11H,2,4-6,8H2;1-2,5-8H,3-4H2,(H,17,18). The van der Waals surface area contributed by atoms with E-state index in [1.807, 2.05) is 123 Å². The molecule has 0 unspecified atom stereocenters. The van der Waals surface area contributed by atoms with Crippen LogP contribution in [0.25, 0.3) is 88.3 Å². The Hall–Kier alpha value is -13.7. The smallest absolute Gasteiger partial charge is 0.227 e. The van der Waals surface area contributed by atoms with Crippen molar-refractivity contribution in [3.63, 3.8) is 0 Å². The normalized spacial score (nSPS) is 16.0. The molecule has 11 aliphatic rings. The summed E-state index contributed by atoms with van der Waals surface area (Å²) >= 11 is 11.5.